The first-order valence-electron chi connectivity index (χ1n) is 9.03. The zero-order chi connectivity index (χ0) is 19.6. The van der Waals surface area contributed by atoms with Crippen LogP contribution in [0.5, 0.6) is 0 Å². The van der Waals surface area contributed by atoms with E-state index in [9.17, 15) is 4.79 Å². The second kappa shape index (κ2) is 7.90. The van der Waals surface area contributed by atoms with Gasteiger partial charge in [0.25, 0.3) is 0 Å². The number of anilines is 1. The fourth-order valence-electron chi connectivity index (χ4n) is 2.89. The fraction of sp³-hybridized carbons (Fsp3) is 0.611. The molecule has 0 radical (unpaired) electrons. The Morgan fingerprint density at radius 2 is 2.07 bits per heavy atom. The van der Waals surface area contributed by atoms with E-state index in [1.165, 1.54) is 0 Å². The molecule has 8 nitrogen and oxygen atoms in total. The zero-order valence-corrected chi connectivity index (χ0v) is 17.0. The van der Waals surface area contributed by atoms with E-state index in [0.29, 0.717) is 37.1 Å². The number of rotatable bonds is 4. The predicted octanol–water partition coefficient (Wildman–Crippen LogP) is 2.79. The Morgan fingerprint density at radius 3 is 2.74 bits per heavy atom. The summed E-state index contributed by atoms with van der Waals surface area (Å²) in [6.07, 6.45) is 1.38. The lowest BCUT2D eigenvalue weighted by Crippen LogP contribution is -2.36. The summed E-state index contributed by atoms with van der Waals surface area (Å²) in [6, 6.07) is 1.85. The highest BCUT2D eigenvalue weighted by Crippen LogP contribution is 2.28. The number of morpholine rings is 1. The lowest BCUT2D eigenvalue weighted by Gasteiger charge is -2.29. The van der Waals surface area contributed by atoms with Crippen LogP contribution in [0.25, 0.3) is 11.2 Å². The Balaban J connectivity index is 1.76. The second-order valence-electron chi connectivity index (χ2n) is 7.58. The molecule has 148 valence electrons. The molecule has 9 heteroatoms. The molecule has 0 aromatic carbocycles. The Bertz CT molecular complexity index is 811. The van der Waals surface area contributed by atoms with Gasteiger partial charge < -0.3 is 23.8 Å². The molecule has 0 aliphatic carbocycles. The average molecular weight is 396 g/mol. The smallest absolute Gasteiger partial charge is 0.410 e. The molecule has 1 saturated heterocycles. The summed E-state index contributed by atoms with van der Waals surface area (Å²) >= 11 is 6.26. The number of aromatic nitrogens is 3. The normalized spacial score (nSPS) is 15.2. The first kappa shape index (κ1) is 19.7. The molecule has 2 aromatic heterocycles. The highest BCUT2D eigenvalue weighted by Gasteiger charge is 2.21. The van der Waals surface area contributed by atoms with Crippen molar-refractivity contribution in [1.29, 1.82) is 0 Å². The third-order valence-corrected chi connectivity index (χ3v) is 4.45. The van der Waals surface area contributed by atoms with Crippen molar-refractivity contribution in [3.05, 3.63) is 17.5 Å². The number of amides is 1. The first-order chi connectivity index (χ1) is 12.7. The molecule has 1 aliphatic rings. The van der Waals surface area contributed by atoms with Crippen LogP contribution in [0.1, 0.15) is 20.8 Å². The van der Waals surface area contributed by atoms with Gasteiger partial charge in [-0.2, -0.15) is 0 Å². The number of carbonyl (C=O) groups excluding carboxylic acids is 1. The van der Waals surface area contributed by atoms with Gasteiger partial charge in [-0.05, 0) is 20.8 Å². The predicted molar refractivity (Wildman–Crippen MR) is 104 cm³/mol. The van der Waals surface area contributed by atoms with E-state index in [1.54, 1.807) is 18.3 Å². The quantitative estimate of drug-likeness (QED) is 0.741. The van der Waals surface area contributed by atoms with Crippen LogP contribution >= 0.6 is 11.6 Å². The van der Waals surface area contributed by atoms with Crippen LogP contribution in [0, 0.1) is 0 Å². The summed E-state index contributed by atoms with van der Waals surface area (Å²) in [4.78, 5) is 24.9. The van der Waals surface area contributed by atoms with Crippen molar-refractivity contribution in [3.8, 4) is 0 Å². The van der Waals surface area contributed by atoms with Gasteiger partial charge in [0.2, 0.25) is 0 Å². The number of imidazole rings is 1. The molecule has 0 atom stereocenters. The van der Waals surface area contributed by atoms with Gasteiger partial charge in [-0.25, -0.2) is 14.8 Å². The highest BCUT2D eigenvalue weighted by molar-refractivity contribution is 6.30. The summed E-state index contributed by atoms with van der Waals surface area (Å²) in [7, 11) is 1.72. The van der Waals surface area contributed by atoms with E-state index < -0.39 is 5.60 Å². The number of halogens is 1. The van der Waals surface area contributed by atoms with E-state index in [2.05, 4.69) is 14.9 Å². The molecule has 1 fully saturated rings. The van der Waals surface area contributed by atoms with Crippen molar-refractivity contribution in [2.75, 3.05) is 44.8 Å². The Morgan fingerprint density at radius 1 is 1.37 bits per heavy atom. The Labute approximate surface area is 164 Å². The molecule has 27 heavy (non-hydrogen) atoms. The molecule has 2 aromatic rings. The highest BCUT2D eigenvalue weighted by atomic mass is 35.5. The molecule has 0 N–H and O–H groups in total. The molecule has 0 unspecified atom stereocenters. The van der Waals surface area contributed by atoms with Crippen molar-refractivity contribution >= 4 is 34.5 Å². The Kier molecular flexibility index (Phi) is 5.76. The van der Waals surface area contributed by atoms with Gasteiger partial charge in [0, 0.05) is 39.3 Å². The summed E-state index contributed by atoms with van der Waals surface area (Å²) < 4.78 is 12.7. The number of fused-ring (bicyclic) bond motifs is 1. The van der Waals surface area contributed by atoms with Crippen molar-refractivity contribution < 1.29 is 14.3 Å². The van der Waals surface area contributed by atoms with E-state index in [4.69, 9.17) is 21.1 Å². The second-order valence-corrected chi connectivity index (χ2v) is 7.96. The van der Waals surface area contributed by atoms with Crippen LogP contribution in [-0.4, -0.2) is 71.0 Å². The van der Waals surface area contributed by atoms with E-state index in [1.807, 2.05) is 31.4 Å². The number of hydrogen-bond donors (Lipinski definition) is 0. The minimum atomic E-state index is -0.519. The number of nitrogens with zero attached hydrogens (tertiary/aromatic N) is 5. The van der Waals surface area contributed by atoms with Crippen LogP contribution in [0.3, 0.4) is 0 Å². The maximum atomic E-state index is 12.1. The standard InChI is InChI=1S/C18H26ClN5O3/c1-18(2,3)27-17(25)22(4)5-6-24-12-20-15-13(11-14(19)21-16(15)24)23-7-9-26-10-8-23/h11-12H,5-10H2,1-4H3. The van der Waals surface area contributed by atoms with Crippen molar-refractivity contribution in [3.63, 3.8) is 0 Å². The van der Waals surface area contributed by atoms with Gasteiger partial charge in [0.05, 0.1) is 25.2 Å². The summed E-state index contributed by atoms with van der Waals surface area (Å²) in [6.45, 7) is 9.52. The van der Waals surface area contributed by atoms with Crippen LogP contribution in [0.15, 0.2) is 12.4 Å². The largest absolute Gasteiger partial charge is 0.444 e. The minimum absolute atomic E-state index is 0.355. The van der Waals surface area contributed by atoms with E-state index in [0.717, 1.165) is 24.3 Å². The molecule has 0 spiro atoms. The zero-order valence-electron chi connectivity index (χ0n) is 16.2. The lowest BCUT2D eigenvalue weighted by molar-refractivity contribution is 0.0294. The van der Waals surface area contributed by atoms with Crippen molar-refractivity contribution in [1.82, 2.24) is 19.4 Å². The maximum Gasteiger partial charge on any atom is 0.410 e. The minimum Gasteiger partial charge on any atom is -0.444 e. The first-order valence-corrected chi connectivity index (χ1v) is 9.40. The third-order valence-electron chi connectivity index (χ3n) is 4.25. The SMILES string of the molecule is CN(CCn1cnc2c(N3CCOCC3)cc(Cl)nc21)C(=O)OC(C)(C)C. The number of ether oxygens (including phenoxy) is 2. The van der Waals surface area contributed by atoms with E-state index >= 15 is 0 Å². The molecular formula is C18H26ClN5O3. The van der Waals surface area contributed by atoms with Gasteiger partial charge in [-0.15, -0.1) is 0 Å². The van der Waals surface area contributed by atoms with Gasteiger partial charge in [-0.3, -0.25) is 0 Å². The molecular weight excluding hydrogens is 370 g/mol. The van der Waals surface area contributed by atoms with Gasteiger partial charge in [0.1, 0.15) is 16.3 Å². The molecule has 3 rings (SSSR count). The number of hydrogen-bond acceptors (Lipinski definition) is 6. The molecule has 1 amide bonds. The van der Waals surface area contributed by atoms with Gasteiger partial charge >= 0.3 is 6.09 Å². The van der Waals surface area contributed by atoms with Gasteiger partial charge in [-0.1, -0.05) is 11.6 Å². The van der Waals surface area contributed by atoms with Crippen LogP contribution < -0.4 is 4.90 Å². The maximum absolute atomic E-state index is 12.1. The fourth-order valence-corrected chi connectivity index (χ4v) is 3.07. The van der Waals surface area contributed by atoms with Crippen molar-refractivity contribution in [2.45, 2.75) is 32.9 Å². The van der Waals surface area contributed by atoms with E-state index in [-0.39, 0.29) is 6.09 Å². The Hall–Kier alpha value is -2.06. The van der Waals surface area contributed by atoms with Crippen molar-refractivity contribution in [2.24, 2.45) is 0 Å². The summed E-state index contributed by atoms with van der Waals surface area (Å²) in [5, 5.41) is 0.422. The molecule has 0 saturated carbocycles. The van der Waals surface area contributed by atoms with Gasteiger partial charge in [0.15, 0.2) is 5.65 Å². The number of carbonyl (C=O) groups is 1. The summed E-state index contributed by atoms with van der Waals surface area (Å²) in [5.41, 5.74) is 1.96. The number of pyridine rings is 1. The topological polar surface area (TPSA) is 72.7 Å². The van der Waals surface area contributed by atoms with Crippen LogP contribution in [0.4, 0.5) is 10.5 Å². The average Bonchev–Trinajstić information content (AvgIpc) is 3.01. The monoisotopic (exact) mass is 395 g/mol. The molecule has 1 aliphatic heterocycles. The van der Waals surface area contributed by atoms with Crippen LogP contribution in [-0.2, 0) is 16.0 Å². The third kappa shape index (κ3) is 4.81. The molecule has 0 bridgehead atoms. The summed E-state index contributed by atoms with van der Waals surface area (Å²) in [5.74, 6) is 0. The molecule has 3 heterocycles. The number of likely N-dealkylation sites (N-methyl/N-ethyl adjacent to an activating group) is 1. The van der Waals surface area contributed by atoms with Crippen LogP contribution in [0.2, 0.25) is 5.15 Å². The lowest BCUT2D eigenvalue weighted by atomic mass is 10.2.